The third-order valence-electron chi connectivity index (χ3n) is 4.62. The average molecular weight is 475 g/mol. The van der Waals surface area contributed by atoms with Gasteiger partial charge in [-0.25, -0.2) is 23.4 Å². The number of hydrogen-bond donors (Lipinski definition) is 1. The van der Waals surface area contributed by atoms with E-state index in [4.69, 9.17) is 27.9 Å². The van der Waals surface area contributed by atoms with Crippen molar-refractivity contribution in [2.24, 2.45) is 0 Å². The number of carbonyl (C=O) groups is 1. The van der Waals surface area contributed by atoms with E-state index >= 15 is 0 Å². The summed E-state index contributed by atoms with van der Waals surface area (Å²) in [4.78, 5) is 18.7. The number of halogens is 2. The van der Waals surface area contributed by atoms with E-state index in [0.29, 0.717) is 33.5 Å². The molecule has 0 saturated carbocycles. The summed E-state index contributed by atoms with van der Waals surface area (Å²) in [7, 11) is -3.84. The van der Waals surface area contributed by atoms with Crippen molar-refractivity contribution < 1.29 is 23.2 Å². The van der Waals surface area contributed by atoms with Gasteiger partial charge in [-0.3, -0.25) is 10.0 Å². The molecule has 12 heteroatoms. The molecule has 1 N–H and O–H groups in total. The minimum atomic E-state index is -3.84. The van der Waals surface area contributed by atoms with Gasteiger partial charge in [0.2, 0.25) is 12.3 Å². The van der Waals surface area contributed by atoms with E-state index < -0.39 is 10.0 Å². The van der Waals surface area contributed by atoms with Crippen LogP contribution in [0.15, 0.2) is 35.6 Å². The number of carbonyl (C=O) groups excluding carboxylic acids is 1. The van der Waals surface area contributed by atoms with Gasteiger partial charge in [-0.15, -0.1) is 0 Å². The van der Waals surface area contributed by atoms with Gasteiger partial charge in [0.05, 0.1) is 11.6 Å². The highest BCUT2D eigenvalue weighted by molar-refractivity contribution is 7.89. The van der Waals surface area contributed by atoms with Crippen LogP contribution in [0.4, 0.5) is 0 Å². The second-order valence-electron chi connectivity index (χ2n) is 6.65. The molecule has 2 aromatic heterocycles. The first kappa shape index (κ1) is 22.7. The van der Waals surface area contributed by atoms with Gasteiger partial charge in [-0.2, -0.15) is 4.31 Å². The van der Waals surface area contributed by atoms with Crippen molar-refractivity contribution in [3.8, 4) is 5.88 Å². The van der Waals surface area contributed by atoms with Crippen molar-refractivity contribution in [2.75, 3.05) is 19.6 Å². The van der Waals surface area contributed by atoms with Crippen LogP contribution in [0.1, 0.15) is 18.4 Å². The van der Waals surface area contributed by atoms with Gasteiger partial charge in [0.1, 0.15) is 11.1 Å². The molecule has 0 radical (unpaired) electrons. The molecule has 3 rings (SSSR count). The number of aromatic nitrogens is 2. The fourth-order valence-electron chi connectivity index (χ4n) is 3.09. The van der Waals surface area contributed by atoms with Crippen molar-refractivity contribution >= 4 is 39.6 Å². The first-order valence-electron chi connectivity index (χ1n) is 9.14. The van der Waals surface area contributed by atoms with Gasteiger partial charge in [0.25, 0.3) is 10.0 Å². The SMILES string of the molecule is O=CN(O)CCc1cccnc1S(=O)(=O)N1CCC(Oc2ncc(Cl)cc2Cl)CC1. The molecule has 0 aliphatic carbocycles. The summed E-state index contributed by atoms with van der Waals surface area (Å²) in [6.45, 7) is 0.450. The Kier molecular flexibility index (Phi) is 7.48. The van der Waals surface area contributed by atoms with E-state index in [1.54, 1.807) is 12.1 Å². The number of sulfonamides is 1. The van der Waals surface area contributed by atoms with Crippen LogP contribution in [0, 0.1) is 0 Å². The highest BCUT2D eigenvalue weighted by Crippen LogP contribution is 2.28. The smallest absolute Gasteiger partial charge is 0.260 e. The van der Waals surface area contributed by atoms with Gasteiger partial charge in [-0.05, 0) is 37.0 Å². The molecule has 1 saturated heterocycles. The molecule has 0 spiro atoms. The van der Waals surface area contributed by atoms with Crippen LogP contribution < -0.4 is 4.74 Å². The normalized spacial score (nSPS) is 15.7. The van der Waals surface area contributed by atoms with Gasteiger partial charge >= 0.3 is 0 Å². The minimum Gasteiger partial charge on any atom is -0.473 e. The lowest BCUT2D eigenvalue weighted by molar-refractivity contribution is -0.149. The molecule has 0 aromatic carbocycles. The summed E-state index contributed by atoms with van der Waals surface area (Å²) in [5, 5.41) is 10.4. The molecule has 1 aliphatic heterocycles. The summed E-state index contributed by atoms with van der Waals surface area (Å²) in [6, 6.07) is 4.76. The van der Waals surface area contributed by atoms with Crippen LogP contribution in [0.5, 0.6) is 5.88 Å². The van der Waals surface area contributed by atoms with Crippen molar-refractivity contribution in [3.63, 3.8) is 0 Å². The van der Waals surface area contributed by atoms with Crippen LogP contribution in [0.2, 0.25) is 10.0 Å². The zero-order valence-corrected chi connectivity index (χ0v) is 18.1. The molecular weight excluding hydrogens is 455 g/mol. The zero-order chi connectivity index (χ0) is 21.7. The monoisotopic (exact) mass is 474 g/mol. The molecule has 0 unspecified atom stereocenters. The maximum Gasteiger partial charge on any atom is 0.260 e. The summed E-state index contributed by atoms with van der Waals surface area (Å²) in [6.07, 6.45) is 3.92. The second-order valence-corrected chi connectivity index (χ2v) is 9.34. The van der Waals surface area contributed by atoms with E-state index in [2.05, 4.69) is 9.97 Å². The van der Waals surface area contributed by atoms with Gasteiger partial charge in [0, 0.05) is 25.5 Å². The highest BCUT2D eigenvalue weighted by atomic mass is 35.5. The number of pyridine rings is 2. The summed E-state index contributed by atoms with van der Waals surface area (Å²) >= 11 is 11.9. The van der Waals surface area contributed by atoms with Crippen LogP contribution in [0.25, 0.3) is 0 Å². The molecular formula is C18H20Cl2N4O5S. The van der Waals surface area contributed by atoms with E-state index in [0.717, 1.165) is 0 Å². The van der Waals surface area contributed by atoms with Crippen LogP contribution >= 0.6 is 23.2 Å². The Balaban J connectivity index is 1.67. The van der Waals surface area contributed by atoms with E-state index in [1.807, 2.05) is 0 Å². The second kappa shape index (κ2) is 9.88. The highest BCUT2D eigenvalue weighted by Gasteiger charge is 2.33. The van der Waals surface area contributed by atoms with Crippen molar-refractivity contribution in [2.45, 2.75) is 30.4 Å². The summed E-state index contributed by atoms with van der Waals surface area (Å²) in [5.41, 5.74) is 0.425. The Morgan fingerprint density at radius 1 is 1.30 bits per heavy atom. The molecule has 1 amide bonds. The maximum atomic E-state index is 13.1. The summed E-state index contributed by atoms with van der Waals surface area (Å²) in [5.74, 6) is 0.262. The number of hydroxylamine groups is 2. The summed E-state index contributed by atoms with van der Waals surface area (Å²) < 4.78 is 33.4. The number of rotatable bonds is 8. The molecule has 9 nitrogen and oxygen atoms in total. The first-order chi connectivity index (χ1) is 14.3. The molecule has 0 bridgehead atoms. The zero-order valence-electron chi connectivity index (χ0n) is 15.8. The van der Waals surface area contributed by atoms with Crippen molar-refractivity contribution in [1.82, 2.24) is 19.3 Å². The quantitative estimate of drug-likeness (QED) is 0.354. The number of piperidine rings is 1. The third kappa shape index (κ3) is 5.38. The standard InChI is InChI=1S/C18H20Cl2N4O5S/c19-14-10-16(20)17(22-11-14)29-15-4-8-24(9-5-15)30(27,28)18-13(2-1-6-21-18)3-7-23(26)12-25/h1-2,6,10-12,15,26H,3-5,7-9H2. The number of hydrogen-bond acceptors (Lipinski definition) is 7. The molecule has 162 valence electrons. The Hall–Kier alpha value is -1.98. The lowest BCUT2D eigenvalue weighted by Gasteiger charge is -2.31. The predicted molar refractivity (Wildman–Crippen MR) is 109 cm³/mol. The molecule has 3 heterocycles. The van der Waals surface area contributed by atoms with Gasteiger partial charge in [-0.1, -0.05) is 29.3 Å². The Bertz CT molecular complexity index is 1000. The van der Waals surface area contributed by atoms with Crippen LogP contribution in [-0.2, 0) is 21.2 Å². The lowest BCUT2D eigenvalue weighted by Crippen LogP contribution is -2.42. The van der Waals surface area contributed by atoms with Crippen molar-refractivity contribution in [3.05, 3.63) is 46.2 Å². The lowest BCUT2D eigenvalue weighted by atomic mass is 10.1. The molecule has 0 atom stereocenters. The van der Waals surface area contributed by atoms with E-state index in [-0.39, 0.29) is 49.5 Å². The maximum absolute atomic E-state index is 13.1. The van der Waals surface area contributed by atoms with Crippen molar-refractivity contribution in [1.29, 1.82) is 0 Å². The first-order valence-corrected chi connectivity index (χ1v) is 11.3. The predicted octanol–water partition coefficient (Wildman–Crippen LogP) is 2.41. The average Bonchev–Trinajstić information content (AvgIpc) is 2.74. The third-order valence-corrected chi connectivity index (χ3v) is 7.00. The number of nitrogens with zero attached hydrogens (tertiary/aromatic N) is 4. The molecule has 1 aliphatic rings. The minimum absolute atomic E-state index is 0.0392. The Morgan fingerprint density at radius 2 is 2.03 bits per heavy atom. The van der Waals surface area contributed by atoms with Crippen LogP contribution in [0.3, 0.4) is 0 Å². The largest absolute Gasteiger partial charge is 0.473 e. The Labute approximate surface area is 184 Å². The Morgan fingerprint density at radius 3 is 2.70 bits per heavy atom. The molecule has 1 fully saturated rings. The topological polar surface area (TPSA) is 113 Å². The molecule has 30 heavy (non-hydrogen) atoms. The van der Waals surface area contributed by atoms with Gasteiger partial charge in [0.15, 0.2) is 5.03 Å². The van der Waals surface area contributed by atoms with Crippen LogP contribution in [-0.4, -0.2) is 65.1 Å². The van der Waals surface area contributed by atoms with Gasteiger partial charge < -0.3 is 4.74 Å². The van der Waals surface area contributed by atoms with E-state index in [1.165, 1.54) is 22.8 Å². The fraction of sp³-hybridized carbons (Fsp3) is 0.389. The number of ether oxygens (including phenoxy) is 1. The van der Waals surface area contributed by atoms with E-state index in [9.17, 15) is 18.4 Å². The molecule has 2 aromatic rings. The number of amides is 1. The fourth-order valence-corrected chi connectivity index (χ4v) is 5.15.